The summed E-state index contributed by atoms with van der Waals surface area (Å²) in [6.07, 6.45) is 2.31. The van der Waals surface area contributed by atoms with Crippen LogP contribution in [0.25, 0.3) is 16.8 Å². The first-order valence-corrected chi connectivity index (χ1v) is 12.9. The molecule has 0 spiro atoms. The number of nitrogens with zero attached hydrogens (tertiary/aromatic N) is 1. The Hall–Kier alpha value is -2.81. The zero-order valence-corrected chi connectivity index (χ0v) is 22.0. The highest BCUT2D eigenvalue weighted by Gasteiger charge is 2.34. The van der Waals surface area contributed by atoms with Gasteiger partial charge in [0.25, 0.3) is 11.1 Å². The minimum atomic E-state index is -0.290. The molecule has 1 aliphatic rings. The van der Waals surface area contributed by atoms with Gasteiger partial charge < -0.3 is 14.2 Å². The molecule has 4 rings (SSSR count). The zero-order chi connectivity index (χ0) is 24.8. The third kappa shape index (κ3) is 5.89. The van der Waals surface area contributed by atoms with Gasteiger partial charge in [0.15, 0.2) is 11.5 Å². The number of methoxy groups -OCH3 is 1. The molecule has 2 amide bonds. The Kier molecular flexibility index (Phi) is 8.49. The lowest BCUT2D eigenvalue weighted by Crippen LogP contribution is -2.29. The summed E-state index contributed by atoms with van der Waals surface area (Å²) in [7, 11) is 1.59. The van der Waals surface area contributed by atoms with Crippen LogP contribution in [0.1, 0.15) is 24.5 Å². The number of hydrogen-bond donors (Lipinski definition) is 0. The van der Waals surface area contributed by atoms with E-state index in [-0.39, 0.29) is 11.1 Å². The van der Waals surface area contributed by atoms with E-state index in [0.717, 1.165) is 33.7 Å². The number of rotatable bonds is 10. The van der Waals surface area contributed by atoms with Gasteiger partial charge in [0, 0.05) is 20.3 Å². The Morgan fingerprint density at radius 1 is 1.06 bits per heavy atom. The van der Waals surface area contributed by atoms with Crippen molar-refractivity contribution in [2.75, 3.05) is 26.9 Å². The number of fused-ring (bicyclic) bond motifs is 1. The van der Waals surface area contributed by atoms with Crippen molar-refractivity contribution in [1.82, 2.24) is 4.90 Å². The van der Waals surface area contributed by atoms with Crippen LogP contribution >= 0.6 is 27.7 Å². The number of carbonyl (C=O) groups excluding carboxylic acids is 2. The normalized spacial score (nSPS) is 14.8. The van der Waals surface area contributed by atoms with Gasteiger partial charge in [-0.1, -0.05) is 42.5 Å². The smallest absolute Gasteiger partial charge is 0.293 e. The van der Waals surface area contributed by atoms with E-state index in [0.29, 0.717) is 53.7 Å². The van der Waals surface area contributed by atoms with Gasteiger partial charge in [0.05, 0.1) is 16.0 Å². The molecule has 0 atom stereocenters. The predicted octanol–water partition coefficient (Wildman–Crippen LogP) is 6.65. The summed E-state index contributed by atoms with van der Waals surface area (Å²) in [6.45, 7) is 3.56. The lowest BCUT2D eigenvalue weighted by atomic mass is 10.1. The van der Waals surface area contributed by atoms with Crippen LogP contribution in [0.5, 0.6) is 11.5 Å². The lowest BCUT2D eigenvalue weighted by Gasteiger charge is -2.16. The number of benzene rings is 3. The quantitative estimate of drug-likeness (QED) is 0.206. The molecule has 0 bridgehead atoms. The summed E-state index contributed by atoms with van der Waals surface area (Å²) in [4.78, 5) is 26.7. The molecule has 1 heterocycles. The summed E-state index contributed by atoms with van der Waals surface area (Å²) in [5.74, 6) is 0.860. The average Bonchev–Trinajstić information content (AvgIpc) is 3.11. The maximum atomic E-state index is 12.8. The standard InChI is InChI=1S/C27H26BrNO5S/c1-3-33-23-15-18(16-24-26(30)29(27(31)35-24)12-7-13-32-2)14-22(28)25(23)34-17-20-10-6-9-19-8-4-5-11-21(19)20/h4-6,8-11,14-16H,3,7,12-13,17H2,1-2H3/b24-16+. The molecule has 3 aromatic rings. The Morgan fingerprint density at radius 2 is 1.86 bits per heavy atom. The fraction of sp³-hybridized carbons (Fsp3) is 0.259. The number of imide groups is 1. The molecule has 1 saturated heterocycles. The summed E-state index contributed by atoms with van der Waals surface area (Å²) in [5, 5.41) is 2.03. The van der Waals surface area contributed by atoms with Crippen LogP contribution in [0.2, 0.25) is 0 Å². The van der Waals surface area contributed by atoms with Gasteiger partial charge in [-0.15, -0.1) is 0 Å². The summed E-state index contributed by atoms with van der Waals surface area (Å²) in [5.41, 5.74) is 1.81. The minimum Gasteiger partial charge on any atom is -0.490 e. The van der Waals surface area contributed by atoms with Crippen LogP contribution in [-0.2, 0) is 16.1 Å². The van der Waals surface area contributed by atoms with E-state index in [1.54, 1.807) is 13.2 Å². The topological polar surface area (TPSA) is 65.1 Å². The summed E-state index contributed by atoms with van der Waals surface area (Å²) < 4.78 is 17.8. The van der Waals surface area contributed by atoms with Crippen molar-refractivity contribution in [3.05, 3.63) is 75.1 Å². The molecule has 0 saturated carbocycles. The average molecular weight is 556 g/mol. The van der Waals surface area contributed by atoms with E-state index in [2.05, 4.69) is 34.1 Å². The van der Waals surface area contributed by atoms with Gasteiger partial charge in [-0.2, -0.15) is 0 Å². The van der Waals surface area contributed by atoms with Crippen molar-refractivity contribution in [2.45, 2.75) is 20.0 Å². The van der Waals surface area contributed by atoms with Gasteiger partial charge in [-0.3, -0.25) is 14.5 Å². The maximum Gasteiger partial charge on any atom is 0.293 e. The highest BCUT2D eigenvalue weighted by atomic mass is 79.9. The zero-order valence-electron chi connectivity index (χ0n) is 19.6. The molecular weight excluding hydrogens is 530 g/mol. The van der Waals surface area contributed by atoms with Crippen molar-refractivity contribution in [2.24, 2.45) is 0 Å². The van der Waals surface area contributed by atoms with Gasteiger partial charge in [-0.05, 0) is 81.1 Å². The molecular formula is C27H26BrNO5S. The molecule has 0 N–H and O–H groups in total. The van der Waals surface area contributed by atoms with E-state index < -0.39 is 0 Å². The number of ether oxygens (including phenoxy) is 3. The van der Waals surface area contributed by atoms with Crippen molar-refractivity contribution in [3.63, 3.8) is 0 Å². The Bertz CT molecular complexity index is 1270. The van der Waals surface area contributed by atoms with Crippen LogP contribution in [0, 0.1) is 0 Å². The summed E-state index contributed by atoms with van der Waals surface area (Å²) in [6, 6.07) is 18.0. The molecule has 8 heteroatoms. The molecule has 35 heavy (non-hydrogen) atoms. The largest absolute Gasteiger partial charge is 0.490 e. The van der Waals surface area contributed by atoms with Crippen LogP contribution < -0.4 is 9.47 Å². The number of amides is 2. The van der Waals surface area contributed by atoms with Gasteiger partial charge in [-0.25, -0.2) is 0 Å². The van der Waals surface area contributed by atoms with Crippen molar-refractivity contribution < 1.29 is 23.8 Å². The van der Waals surface area contributed by atoms with Crippen molar-refractivity contribution in [1.29, 1.82) is 0 Å². The molecule has 1 aliphatic heterocycles. The second kappa shape index (κ2) is 11.7. The predicted molar refractivity (Wildman–Crippen MR) is 143 cm³/mol. The van der Waals surface area contributed by atoms with Crippen molar-refractivity contribution >= 4 is 55.7 Å². The first-order chi connectivity index (χ1) is 17.0. The Balaban J connectivity index is 1.56. The molecule has 0 aliphatic carbocycles. The van der Waals surface area contributed by atoms with Crippen LogP contribution in [0.4, 0.5) is 4.79 Å². The second-order valence-corrected chi connectivity index (χ2v) is 9.72. The van der Waals surface area contributed by atoms with E-state index in [1.807, 2.05) is 43.3 Å². The van der Waals surface area contributed by atoms with E-state index >= 15 is 0 Å². The first-order valence-electron chi connectivity index (χ1n) is 11.3. The fourth-order valence-electron chi connectivity index (χ4n) is 3.85. The highest BCUT2D eigenvalue weighted by Crippen LogP contribution is 2.40. The third-order valence-electron chi connectivity index (χ3n) is 5.49. The SMILES string of the molecule is CCOc1cc(/C=C2/SC(=O)N(CCCOC)C2=O)cc(Br)c1OCc1cccc2ccccc12. The fourth-order valence-corrected chi connectivity index (χ4v) is 5.29. The lowest BCUT2D eigenvalue weighted by molar-refractivity contribution is -0.122. The molecule has 0 aromatic heterocycles. The number of hydrogen-bond acceptors (Lipinski definition) is 6. The van der Waals surface area contributed by atoms with Crippen LogP contribution in [0.15, 0.2) is 64.0 Å². The van der Waals surface area contributed by atoms with E-state index in [1.165, 1.54) is 4.90 Å². The Morgan fingerprint density at radius 3 is 2.66 bits per heavy atom. The van der Waals surface area contributed by atoms with Crippen LogP contribution in [-0.4, -0.2) is 42.9 Å². The Labute approximate surface area is 217 Å². The monoisotopic (exact) mass is 555 g/mol. The maximum absolute atomic E-state index is 12.8. The van der Waals surface area contributed by atoms with Crippen molar-refractivity contribution in [3.8, 4) is 11.5 Å². The number of carbonyl (C=O) groups is 2. The number of halogens is 1. The molecule has 1 fully saturated rings. The number of thioether (sulfide) groups is 1. The van der Waals surface area contributed by atoms with Gasteiger partial charge >= 0.3 is 0 Å². The molecule has 0 unspecified atom stereocenters. The van der Waals surface area contributed by atoms with E-state index in [9.17, 15) is 9.59 Å². The third-order valence-corrected chi connectivity index (χ3v) is 6.98. The first kappa shape index (κ1) is 25.3. The summed E-state index contributed by atoms with van der Waals surface area (Å²) >= 11 is 4.55. The van der Waals surface area contributed by atoms with E-state index in [4.69, 9.17) is 14.2 Å². The molecule has 0 radical (unpaired) electrons. The van der Waals surface area contributed by atoms with Crippen LogP contribution in [0.3, 0.4) is 0 Å². The minimum absolute atomic E-state index is 0.267. The molecule has 3 aromatic carbocycles. The molecule has 6 nitrogen and oxygen atoms in total. The molecule has 182 valence electrons. The van der Waals surface area contributed by atoms with Gasteiger partial charge in [0.2, 0.25) is 0 Å². The highest BCUT2D eigenvalue weighted by molar-refractivity contribution is 9.10. The second-order valence-electron chi connectivity index (χ2n) is 7.87. The van der Waals surface area contributed by atoms with Gasteiger partial charge in [0.1, 0.15) is 6.61 Å².